The van der Waals surface area contributed by atoms with Crippen LogP contribution in [-0.2, 0) is 0 Å². The van der Waals surface area contributed by atoms with Crippen LogP contribution in [0.3, 0.4) is 0 Å². The summed E-state index contributed by atoms with van der Waals surface area (Å²) < 4.78 is 21.0. The van der Waals surface area contributed by atoms with E-state index in [1.165, 1.54) is 6.07 Å². The third-order valence-electron chi connectivity index (χ3n) is 4.06. The van der Waals surface area contributed by atoms with Gasteiger partial charge in [-0.15, -0.1) is 6.58 Å². The lowest BCUT2D eigenvalue weighted by molar-refractivity contribution is 0.103. The number of hydrogen-bond acceptors (Lipinski definition) is 3. The highest BCUT2D eigenvalue weighted by atomic mass is 79.9. The molecule has 0 aliphatic heterocycles. The van der Waals surface area contributed by atoms with E-state index in [1.807, 2.05) is 25.3 Å². The van der Waals surface area contributed by atoms with Crippen LogP contribution in [0.15, 0.2) is 65.7 Å². The van der Waals surface area contributed by atoms with Crippen molar-refractivity contribution in [2.24, 2.45) is 0 Å². The van der Waals surface area contributed by atoms with E-state index in [4.69, 9.17) is 4.74 Å². The van der Waals surface area contributed by atoms with E-state index in [1.54, 1.807) is 37.3 Å². The van der Waals surface area contributed by atoms with Crippen molar-refractivity contribution in [1.29, 1.82) is 0 Å². The molecule has 142 valence electrons. The van der Waals surface area contributed by atoms with Gasteiger partial charge in [-0.1, -0.05) is 34.2 Å². The zero-order valence-corrected chi connectivity index (χ0v) is 17.1. The SMILES string of the molecule is C=CCN(C)CC=CCOc1ccc(C(=O)c2ccc(Br)cc2)c(C)c1F. The Balaban J connectivity index is 2.04. The molecular formula is C22H23BrFNO2. The van der Waals surface area contributed by atoms with Crippen LogP contribution in [0.1, 0.15) is 21.5 Å². The Morgan fingerprint density at radius 3 is 2.56 bits per heavy atom. The number of ether oxygens (including phenoxy) is 1. The molecule has 2 aromatic carbocycles. The van der Waals surface area contributed by atoms with Gasteiger partial charge in [-0.25, -0.2) is 4.39 Å². The third kappa shape index (κ3) is 5.88. The molecule has 3 nitrogen and oxygen atoms in total. The maximum absolute atomic E-state index is 14.6. The molecule has 0 atom stereocenters. The summed E-state index contributed by atoms with van der Waals surface area (Å²) in [6.45, 7) is 7.10. The van der Waals surface area contributed by atoms with Gasteiger partial charge in [-0.05, 0) is 55.9 Å². The number of benzene rings is 2. The fraction of sp³-hybridized carbons (Fsp3) is 0.227. The summed E-state index contributed by atoms with van der Waals surface area (Å²) in [6, 6.07) is 10.1. The normalized spacial score (nSPS) is 11.1. The summed E-state index contributed by atoms with van der Waals surface area (Å²) in [5.41, 5.74) is 1.14. The molecule has 0 aromatic heterocycles. The number of carbonyl (C=O) groups excluding carboxylic acids is 1. The first kappa shape index (κ1) is 21.1. The molecule has 0 amide bonds. The highest BCUT2D eigenvalue weighted by Crippen LogP contribution is 2.25. The second-order valence-corrected chi connectivity index (χ2v) is 7.09. The Hall–Kier alpha value is -2.24. The van der Waals surface area contributed by atoms with E-state index in [0.29, 0.717) is 11.1 Å². The second kappa shape index (κ2) is 10.2. The summed E-state index contributed by atoms with van der Waals surface area (Å²) >= 11 is 3.34. The van der Waals surface area contributed by atoms with Crippen molar-refractivity contribution in [2.75, 3.05) is 26.7 Å². The van der Waals surface area contributed by atoms with E-state index in [-0.39, 0.29) is 23.7 Å². The topological polar surface area (TPSA) is 29.5 Å². The highest BCUT2D eigenvalue weighted by molar-refractivity contribution is 9.10. The third-order valence-corrected chi connectivity index (χ3v) is 4.59. The van der Waals surface area contributed by atoms with E-state index in [2.05, 4.69) is 27.4 Å². The molecule has 0 radical (unpaired) electrons. The van der Waals surface area contributed by atoms with Crippen molar-refractivity contribution in [3.05, 3.63) is 88.2 Å². The monoisotopic (exact) mass is 431 g/mol. The minimum Gasteiger partial charge on any atom is -0.486 e. The Bertz CT molecular complexity index is 831. The van der Waals surface area contributed by atoms with Crippen molar-refractivity contribution in [3.63, 3.8) is 0 Å². The van der Waals surface area contributed by atoms with E-state index < -0.39 is 5.82 Å². The van der Waals surface area contributed by atoms with Gasteiger partial charge < -0.3 is 4.74 Å². The zero-order chi connectivity index (χ0) is 19.8. The minimum atomic E-state index is -0.505. The lowest BCUT2D eigenvalue weighted by atomic mass is 9.98. The predicted octanol–water partition coefficient (Wildman–Crippen LogP) is 5.18. The Labute approximate surface area is 168 Å². The van der Waals surface area contributed by atoms with Gasteiger partial charge in [-0.3, -0.25) is 9.69 Å². The average Bonchev–Trinajstić information content (AvgIpc) is 2.65. The summed E-state index contributed by atoms with van der Waals surface area (Å²) in [4.78, 5) is 14.7. The first-order chi connectivity index (χ1) is 12.9. The van der Waals surface area contributed by atoms with Crippen LogP contribution < -0.4 is 4.74 Å². The first-order valence-electron chi connectivity index (χ1n) is 8.60. The molecule has 0 bridgehead atoms. The van der Waals surface area contributed by atoms with Gasteiger partial charge >= 0.3 is 0 Å². The Kier molecular flexibility index (Phi) is 7.95. The van der Waals surface area contributed by atoms with Crippen LogP contribution >= 0.6 is 15.9 Å². The molecule has 0 spiro atoms. The molecule has 0 unspecified atom stereocenters. The Morgan fingerprint density at radius 2 is 1.89 bits per heavy atom. The summed E-state index contributed by atoms with van der Waals surface area (Å²) in [7, 11) is 1.98. The fourth-order valence-corrected chi connectivity index (χ4v) is 2.79. The Morgan fingerprint density at radius 1 is 1.19 bits per heavy atom. The maximum Gasteiger partial charge on any atom is 0.193 e. The predicted molar refractivity (Wildman–Crippen MR) is 111 cm³/mol. The molecule has 0 saturated heterocycles. The number of ketones is 1. The van der Waals surface area contributed by atoms with Crippen LogP contribution in [0.4, 0.5) is 4.39 Å². The van der Waals surface area contributed by atoms with Crippen LogP contribution in [0.25, 0.3) is 0 Å². The number of rotatable bonds is 9. The highest BCUT2D eigenvalue weighted by Gasteiger charge is 2.17. The molecule has 0 fully saturated rings. The lowest BCUT2D eigenvalue weighted by Gasteiger charge is -2.12. The second-order valence-electron chi connectivity index (χ2n) is 6.18. The number of halogens is 2. The van der Waals surface area contributed by atoms with Crippen molar-refractivity contribution < 1.29 is 13.9 Å². The van der Waals surface area contributed by atoms with Crippen molar-refractivity contribution >= 4 is 21.7 Å². The fourth-order valence-electron chi connectivity index (χ4n) is 2.53. The maximum atomic E-state index is 14.6. The number of nitrogens with zero attached hydrogens (tertiary/aromatic N) is 1. The van der Waals surface area contributed by atoms with Gasteiger partial charge in [0.2, 0.25) is 0 Å². The first-order valence-corrected chi connectivity index (χ1v) is 9.40. The molecule has 0 aliphatic carbocycles. The number of likely N-dealkylation sites (N-methyl/N-ethyl adjacent to an activating group) is 1. The van der Waals surface area contributed by atoms with E-state index in [9.17, 15) is 9.18 Å². The molecule has 2 rings (SSSR count). The average molecular weight is 432 g/mol. The summed E-state index contributed by atoms with van der Waals surface area (Å²) in [5, 5.41) is 0. The van der Waals surface area contributed by atoms with Crippen LogP contribution in [-0.4, -0.2) is 37.4 Å². The molecule has 2 aromatic rings. The van der Waals surface area contributed by atoms with Gasteiger partial charge in [0.1, 0.15) is 6.61 Å². The quantitative estimate of drug-likeness (QED) is 0.404. The van der Waals surface area contributed by atoms with Gasteiger partial charge in [0.05, 0.1) is 0 Å². The van der Waals surface area contributed by atoms with E-state index in [0.717, 1.165) is 17.6 Å². The molecule has 0 aliphatic rings. The molecule has 0 saturated carbocycles. The molecule has 5 heteroatoms. The van der Waals surface area contributed by atoms with Gasteiger partial charge in [0, 0.05) is 28.7 Å². The van der Waals surface area contributed by atoms with Gasteiger partial charge in [0.15, 0.2) is 17.3 Å². The summed E-state index contributed by atoms with van der Waals surface area (Å²) in [5.74, 6) is -0.574. The van der Waals surface area contributed by atoms with Crippen LogP contribution in [0.2, 0.25) is 0 Å². The molecule has 27 heavy (non-hydrogen) atoms. The number of carbonyl (C=O) groups is 1. The minimum absolute atomic E-state index is 0.143. The standard InChI is InChI=1S/C22H23BrFNO2/c1-4-13-25(3)14-5-6-15-27-20-12-11-19(16(2)21(20)24)22(26)17-7-9-18(23)10-8-17/h4-12H,1,13-15H2,2-3H3. The smallest absolute Gasteiger partial charge is 0.193 e. The molecule has 0 heterocycles. The summed E-state index contributed by atoms with van der Waals surface area (Å²) in [6.07, 6.45) is 5.63. The van der Waals surface area contributed by atoms with Crippen molar-refractivity contribution in [3.8, 4) is 5.75 Å². The number of hydrogen-bond donors (Lipinski definition) is 0. The van der Waals surface area contributed by atoms with Crippen LogP contribution in [0.5, 0.6) is 5.75 Å². The van der Waals surface area contributed by atoms with E-state index >= 15 is 0 Å². The lowest BCUT2D eigenvalue weighted by Crippen LogP contribution is -2.17. The molecule has 0 N–H and O–H groups in total. The van der Waals surface area contributed by atoms with Gasteiger partial charge in [-0.2, -0.15) is 0 Å². The van der Waals surface area contributed by atoms with Crippen LogP contribution in [0, 0.1) is 12.7 Å². The van der Waals surface area contributed by atoms with Gasteiger partial charge in [0.25, 0.3) is 0 Å². The largest absolute Gasteiger partial charge is 0.486 e. The van der Waals surface area contributed by atoms with Crippen molar-refractivity contribution in [2.45, 2.75) is 6.92 Å². The van der Waals surface area contributed by atoms with Crippen molar-refractivity contribution in [1.82, 2.24) is 4.90 Å². The zero-order valence-electron chi connectivity index (χ0n) is 15.5. The molecular weight excluding hydrogens is 409 g/mol.